The summed E-state index contributed by atoms with van der Waals surface area (Å²) in [6, 6.07) is 0. The van der Waals surface area contributed by atoms with Gasteiger partial charge >= 0.3 is 0 Å². The van der Waals surface area contributed by atoms with Gasteiger partial charge in [-0.1, -0.05) is 76.2 Å². The summed E-state index contributed by atoms with van der Waals surface area (Å²) in [6.07, 6.45) is 0. The van der Waals surface area contributed by atoms with Gasteiger partial charge in [-0.15, -0.1) is 0 Å². The van der Waals surface area contributed by atoms with Crippen molar-refractivity contribution in [1.82, 2.24) is 4.37 Å². The Labute approximate surface area is 132 Å². The van der Waals surface area contributed by atoms with Crippen molar-refractivity contribution in [2.24, 2.45) is 5.92 Å². The Morgan fingerprint density at radius 3 is 1.35 bits per heavy atom. The number of rotatable bonds is 3. The summed E-state index contributed by atoms with van der Waals surface area (Å²) < 4.78 is 4.60. The molecule has 0 N–H and O–H groups in total. The average molecular weight is 300 g/mol. The van der Waals surface area contributed by atoms with Gasteiger partial charge in [0.2, 0.25) is 0 Å². The van der Waals surface area contributed by atoms with Gasteiger partial charge in [0.05, 0.1) is 5.69 Å². The van der Waals surface area contributed by atoms with E-state index in [2.05, 4.69) is 66.7 Å². The normalized spacial score (nSPS) is 10.6. The molecule has 120 valence electrons. The van der Waals surface area contributed by atoms with E-state index in [0.29, 0.717) is 17.8 Å². The standard InChI is InChI=1S/C12H21NS.C4H10.C2H6/c1-7(2)10-11(8(3)4)13-14-12(10)9(5)6;1-4(2)3;1-2/h7-9H,1-6H3;4H,1-3H3;1-2H3. The van der Waals surface area contributed by atoms with E-state index < -0.39 is 0 Å². The zero-order valence-electron chi connectivity index (χ0n) is 15.7. The van der Waals surface area contributed by atoms with Crippen molar-refractivity contribution in [3.05, 3.63) is 16.1 Å². The zero-order chi connectivity index (χ0) is 16.5. The number of nitrogens with zero attached hydrogens (tertiary/aromatic N) is 1. The smallest absolute Gasteiger partial charge is 0.0605 e. The molecular weight excluding hydrogens is 262 g/mol. The quantitative estimate of drug-likeness (QED) is 0.575. The third-order valence-electron chi connectivity index (χ3n) is 2.43. The first kappa shape index (κ1) is 21.9. The van der Waals surface area contributed by atoms with E-state index in [1.807, 2.05) is 13.8 Å². The van der Waals surface area contributed by atoms with Crippen LogP contribution in [0.25, 0.3) is 0 Å². The summed E-state index contributed by atoms with van der Waals surface area (Å²) >= 11 is 1.69. The topological polar surface area (TPSA) is 12.9 Å². The van der Waals surface area contributed by atoms with Gasteiger partial charge in [-0.3, -0.25) is 0 Å². The summed E-state index contributed by atoms with van der Waals surface area (Å²) in [5.41, 5.74) is 2.81. The molecule has 0 aliphatic heterocycles. The highest BCUT2D eigenvalue weighted by molar-refractivity contribution is 7.06. The molecular formula is C18H37NS. The van der Waals surface area contributed by atoms with E-state index in [1.165, 1.54) is 16.1 Å². The number of hydrogen-bond acceptors (Lipinski definition) is 2. The molecule has 0 aromatic carbocycles. The first-order valence-corrected chi connectivity index (χ1v) is 8.95. The molecule has 0 unspecified atom stereocenters. The summed E-state index contributed by atoms with van der Waals surface area (Å²) in [6.45, 7) is 24.0. The first-order valence-electron chi connectivity index (χ1n) is 8.17. The molecule has 0 saturated heterocycles. The Morgan fingerprint density at radius 2 is 1.10 bits per heavy atom. The second-order valence-electron chi connectivity index (χ2n) is 6.54. The van der Waals surface area contributed by atoms with Crippen LogP contribution in [0, 0.1) is 5.92 Å². The third-order valence-corrected chi connectivity index (χ3v) is 3.61. The summed E-state index contributed by atoms with van der Waals surface area (Å²) in [7, 11) is 0. The maximum Gasteiger partial charge on any atom is 0.0605 e. The van der Waals surface area contributed by atoms with Gasteiger partial charge in [-0.2, -0.15) is 4.37 Å². The highest BCUT2D eigenvalue weighted by Gasteiger charge is 2.20. The van der Waals surface area contributed by atoms with Crippen LogP contribution < -0.4 is 0 Å². The summed E-state index contributed by atoms with van der Waals surface area (Å²) in [4.78, 5) is 1.48. The van der Waals surface area contributed by atoms with Crippen LogP contribution in [0.5, 0.6) is 0 Å². The molecule has 1 aromatic rings. The fourth-order valence-corrected chi connectivity index (χ4v) is 2.89. The van der Waals surface area contributed by atoms with E-state index in [1.54, 1.807) is 11.5 Å². The van der Waals surface area contributed by atoms with Gasteiger partial charge in [0, 0.05) is 4.88 Å². The van der Waals surface area contributed by atoms with Crippen molar-refractivity contribution < 1.29 is 0 Å². The Hall–Kier alpha value is -0.370. The molecule has 20 heavy (non-hydrogen) atoms. The van der Waals surface area contributed by atoms with E-state index in [0.717, 1.165) is 5.92 Å². The molecule has 1 nitrogen and oxygen atoms in total. The Bertz CT molecular complexity index is 307. The van der Waals surface area contributed by atoms with Crippen LogP contribution in [0.2, 0.25) is 0 Å². The molecule has 0 radical (unpaired) electrons. The van der Waals surface area contributed by atoms with E-state index in [9.17, 15) is 0 Å². The van der Waals surface area contributed by atoms with Gasteiger partial charge < -0.3 is 0 Å². The second kappa shape index (κ2) is 11.3. The lowest BCUT2D eigenvalue weighted by atomic mass is 9.92. The predicted octanol–water partition coefficient (Wildman–Crippen LogP) is 7.20. The molecule has 0 saturated carbocycles. The molecule has 0 aliphatic rings. The molecule has 1 heterocycles. The molecule has 0 aliphatic carbocycles. The Balaban J connectivity index is 0. The summed E-state index contributed by atoms with van der Waals surface area (Å²) in [5, 5.41) is 0. The molecule has 1 aromatic heterocycles. The molecule has 0 spiro atoms. The molecule has 0 bridgehead atoms. The van der Waals surface area contributed by atoms with E-state index in [4.69, 9.17) is 0 Å². The average Bonchev–Trinajstić information content (AvgIpc) is 2.75. The Kier molecular flexibility index (Phi) is 12.4. The number of aromatic nitrogens is 1. The van der Waals surface area contributed by atoms with Crippen LogP contribution in [-0.2, 0) is 0 Å². The van der Waals surface area contributed by atoms with Crippen LogP contribution >= 0.6 is 11.5 Å². The van der Waals surface area contributed by atoms with Crippen molar-refractivity contribution in [3.63, 3.8) is 0 Å². The summed E-state index contributed by atoms with van der Waals surface area (Å²) in [5.74, 6) is 2.59. The van der Waals surface area contributed by atoms with Gasteiger partial charge in [-0.25, -0.2) is 0 Å². The lowest BCUT2D eigenvalue weighted by Crippen LogP contribution is -1.99. The molecule has 1 rings (SSSR count). The zero-order valence-corrected chi connectivity index (χ0v) is 16.5. The van der Waals surface area contributed by atoms with Crippen LogP contribution in [0.4, 0.5) is 0 Å². The highest BCUT2D eigenvalue weighted by atomic mass is 32.1. The fourth-order valence-electron chi connectivity index (χ4n) is 1.74. The largest absolute Gasteiger partial charge is 0.197 e. The minimum Gasteiger partial charge on any atom is -0.197 e. The van der Waals surface area contributed by atoms with Gasteiger partial charge in [0.25, 0.3) is 0 Å². The molecule has 0 fully saturated rings. The van der Waals surface area contributed by atoms with Gasteiger partial charge in [0.15, 0.2) is 0 Å². The maximum absolute atomic E-state index is 4.60. The van der Waals surface area contributed by atoms with Crippen LogP contribution in [-0.4, -0.2) is 4.37 Å². The van der Waals surface area contributed by atoms with Crippen LogP contribution in [0.1, 0.15) is 110 Å². The lowest BCUT2D eigenvalue weighted by Gasteiger charge is -2.13. The molecule has 0 atom stereocenters. The van der Waals surface area contributed by atoms with Crippen LogP contribution in [0.15, 0.2) is 0 Å². The van der Waals surface area contributed by atoms with Crippen molar-refractivity contribution in [2.45, 2.75) is 93.9 Å². The van der Waals surface area contributed by atoms with E-state index >= 15 is 0 Å². The fraction of sp³-hybridized carbons (Fsp3) is 0.833. The second-order valence-corrected chi connectivity index (χ2v) is 7.35. The van der Waals surface area contributed by atoms with Crippen molar-refractivity contribution in [1.29, 1.82) is 0 Å². The highest BCUT2D eigenvalue weighted by Crippen LogP contribution is 2.35. The maximum atomic E-state index is 4.60. The van der Waals surface area contributed by atoms with Crippen LogP contribution in [0.3, 0.4) is 0 Å². The third kappa shape index (κ3) is 8.04. The molecule has 2 heteroatoms. The SMILES string of the molecule is CC.CC(C)C.CC(C)c1nsc(C(C)C)c1C(C)C. The first-order chi connectivity index (χ1) is 9.18. The Morgan fingerprint density at radius 1 is 0.700 bits per heavy atom. The number of hydrogen-bond donors (Lipinski definition) is 0. The van der Waals surface area contributed by atoms with Gasteiger partial charge in [-0.05, 0) is 40.8 Å². The van der Waals surface area contributed by atoms with Crippen molar-refractivity contribution in [2.75, 3.05) is 0 Å². The predicted molar refractivity (Wildman–Crippen MR) is 96.2 cm³/mol. The van der Waals surface area contributed by atoms with Crippen molar-refractivity contribution in [3.8, 4) is 0 Å². The minimum absolute atomic E-state index is 0.552. The minimum atomic E-state index is 0.552. The van der Waals surface area contributed by atoms with Crippen molar-refractivity contribution >= 4 is 11.5 Å². The molecule has 0 amide bonds. The monoisotopic (exact) mass is 299 g/mol. The lowest BCUT2D eigenvalue weighted by molar-refractivity contribution is 0.737. The van der Waals surface area contributed by atoms with E-state index in [-0.39, 0.29) is 0 Å². The van der Waals surface area contributed by atoms with Gasteiger partial charge in [0.1, 0.15) is 0 Å².